The van der Waals surface area contributed by atoms with Crippen LogP contribution in [0.25, 0.3) is 16.9 Å². The number of hydrogen-bond donors (Lipinski definition) is 0. The molecule has 0 aliphatic heterocycles. The van der Waals surface area contributed by atoms with Crippen LogP contribution < -0.4 is 9.05 Å². The van der Waals surface area contributed by atoms with Gasteiger partial charge in [-0.15, -0.1) is 0 Å². The van der Waals surface area contributed by atoms with Crippen LogP contribution in [0.4, 0.5) is 5.69 Å². The summed E-state index contributed by atoms with van der Waals surface area (Å²) in [5.74, 6) is 0.850. The first kappa shape index (κ1) is 15.5. The molecule has 0 aliphatic rings. The zero-order chi connectivity index (χ0) is 17.2. The van der Waals surface area contributed by atoms with Crippen molar-refractivity contribution in [3.05, 3.63) is 83.3 Å². The molecule has 4 aromatic rings. The summed E-state index contributed by atoms with van der Waals surface area (Å²) in [5.41, 5.74) is 2.10. The van der Waals surface area contributed by atoms with Crippen molar-refractivity contribution < 1.29 is 4.92 Å². The molecular formula is C18H12N4O2Se. The molecule has 0 saturated carbocycles. The van der Waals surface area contributed by atoms with E-state index in [-0.39, 0.29) is 25.6 Å². The van der Waals surface area contributed by atoms with E-state index < -0.39 is 0 Å². The molecule has 1 aromatic carbocycles. The summed E-state index contributed by atoms with van der Waals surface area (Å²) in [6, 6.07) is 16.5. The number of nitrogens with zero attached hydrogens (tertiary/aromatic N) is 4. The van der Waals surface area contributed by atoms with E-state index in [4.69, 9.17) is 4.98 Å². The van der Waals surface area contributed by atoms with Gasteiger partial charge in [0.05, 0.1) is 0 Å². The third-order valence-electron chi connectivity index (χ3n) is 3.70. The number of nitro benzene ring substituents is 1. The number of nitro groups is 1. The summed E-state index contributed by atoms with van der Waals surface area (Å²) in [7, 11) is 0. The maximum absolute atomic E-state index is 10.8. The minimum atomic E-state index is -0.386. The Morgan fingerprint density at radius 2 is 1.88 bits per heavy atom. The van der Waals surface area contributed by atoms with Gasteiger partial charge in [-0.25, -0.2) is 0 Å². The van der Waals surface area contributed by atoms with Crippen molar-refractivity contribution in [2.75, 3.05) is 0 Å². The average Bonchev–Trinajstić information content (AvgIpc) is 3.02. The Labute approximate surface area is 149 Å². The van der Waals surface area contributed by atoms with Gasteiger partial charge in [-0.1, -0.05) is 0 Å². The molecule has 0 radical (unpaired) electrons. The van der Waals surface area contributed by atoms with E-state index in [9.17, 15) is 10.1 Å². The van der Waals surface area contributed by atoms with Crippen LogP contribution in [0.5, 0.6) is 0 Å². The van der Waals surface area contributed by atoms with Crippen molar-refractivity contribution in [3.8, 4) is 11.4 Å². The fraction of sp³-hybridized carbons (Fsp3) is 0. The predicted octanol–water partition coefficient (Wildman–Crippen LogP) is 1.96. The van der Waals surface area contributed by atoms with Crippen LogP contribution in [0, 0.1) is 10.1 Å². The Hall–Kier alpha value is -3.02. The molecule has 3 heterocycles. The van der Waals surface area contributed by atoms with Gasteiger partial charge in [0, 0.05) is 0 Å². The Kier molecular flexibility index (Phi) is 4.01. The number of hydrogen-bond acceptors (Lipinski definition) is 4. The van der Waals surface area contributed by atoms with Crippen LogP contribution in [0.3, 0.4) is 0 Å². The molecule has 0 atom stereocenters. The van der Waals surface area contributed by atoms with Crippen LogP contribution in [-0.4, -0.2) is 34.2 Å². The van der Waals surface area contributed by atoms with Crippen LogP contribution >= 0.6 is 0 Å². The van der Waals surface area contributed by atoms with E-state index in [1.54, 1.807) is 24.5 Å². The van der Waals surface area contributed by atoms with Crippen molar-refractivity contribution >= 4 is 35.2 Å². The van der Waals surface area contributed by atoms with Gasteiger partial charge in [-0.05, 0) is 0 Å². The monoisotopic (exact) mass is 396 g/mol. The zero-order valence-corrected chi connectivity index (χ0v) is 14.7. The normalized spacial score (nSPS) is 10.9. The third kappa shape index (κ3) is 3.03. The summed E-state index contributed by atoms with van der Waals surface area (Å²) >= 11 is -0.0534. The molecule has 122 valence electrons. The van der Waals surface area contributed by atoms with Crippen LogP contribution in [0.15, 0.2) is 73.2 Å². The summed E-state index contributed by atoms with van der Waals surface area (Å²) in [5, 5.41) is 10.8. The second-order valence-corrected chi connectivity index (χ2v) is 7.52. The molecule has 25 heavy (non-hydrogen) atoms. The standard InChI is InChI=1S/C18H12N4O2Se/c23-22(24)14-6-8-15(9-7-14)25-18-16-5-1-2-11-21(16)17(20-18)13-4-3-10-19-12-13/h1-12H. The first-order valence-corrected chi connectivity index (χ1v) is 9.23. The molecule has 0 N–H and O–H groups in total. The Morgan fingerprint density at radius 3 is 2.60 bits per heavy atom. The molecule has 7 heteroatoms. The van der Waals surface area contributed by atoms with Gasteiger partial charge in [0.1, 0.15) is 0 Å². The molecule has 0 spiro atoms. The van der Waals surface area contributed by atoms with Gasteiger partial charge in [0.15, 0.2) is 0 Å². The number of benzene rings is 1. The van der Waals surface area contributed by atoms with Gasteiger partial charge in [0.25, 0.3) is 0 Å². The molecule has 0 unspecified atom stereocenters. The number of non-ortho nitro benzene ring substituents is 1. The molecule has 0 saturated heterocycles. The van der Waals surface area contributed by atoms with E-state index in [1.807, 2.05) is 36.5 Å². The first-order chi connectivity index (χ1) is 12.2. The van der Waals surface area contributed by atoms with Crippen LogP contribution in [-0.2, 0) is 0 Å². The van der Waals surface area contributed by atoms with E-state index in [1.165, 1.54) is 12.1 Å². The van der Waals surface area contributed by atoms with E-state index in [0.29, 0.717) is 0 Å². The number of aromatic nitrogens is 3. The molecule has 3 aromatic heterocycles. The third-order valence-corrected chi connectivity index (χ3v) is 5.80. The summed E-state index contributed by atoms with van der Waals surface area (Å²) < 4.78 is 4.08. The van der Waals surface area contributed by atoms with Gasteiger partial charge in [-0.2, -0.15) is 0 Å². The number of fused-ring (bicyclic) bond motifs is 1. The molecule has 0 bridgehead atoms. The quantitative estimate of drug-likeness (QED) is 0.301. The van der Waals surface area contributed by atoms with Crippen LogP contribution in [0.1, 0.15) is 0 Å². The minimum absolute atomic E-state index is 0.0534. The van der Waals surface area contributed by atoms with Crippen molar-refractivity contribution in [1.29, 1.82) is 0 Å². The molecule has 6 nitrogen and oxygen atoms in total. The van der Waals surface area contributed by atoms with Gasteiger partial charge in [0.2, 0.25) is 0 Å². The van der Waals surface area contributed by atoms with Gasteiger partial charge >= 0.3 is 149 Å². The van der Waals surface area contributed by atoms with E-state index >= 15 is 0 Å². The second-order valence-electron chi connectivity index (χ2n) is 5.29. The predicted molar refractivity (Wildman–Crippen MR) is 96.5 cm³/mol. The van der Waals surface area contributed by atoms with E-state index in [0.717, 1.165) is 26.0 Å². The summed E-state index contributed by atoms with van der Waals surface area (Å²) in [6.07, 6.45) is 5.52. The summed E-state index contributed by atoms with van der Waals surface area (Å²) in [4.78, 5) is 19.4. The number of rotatable bonds is 4. The zero-order valence-electron chi connectivity index (χ0n) is 12.9. The molecule has 4 rings (SSSR count). The van der Waals surface area contributed by atoms with Gasteiger partial charge in [-0.3, -0.25) is 0 Å². The second kappa shape index (κ2) is 6.47. The average molecular weight is 395 g/mol. The SMILES string of the molecule is O=[N+]([O-])c1ccc([Se]c2nc(-c3cccnc3)n3ccccc23)cc1. The molecule has 0 amide bonds. The Balaban J connectivity index is 1.76. The van der Waals surface area contributed by atoms with Crippen molar-refractivity contribution in [2.45, 2.75) is 0 Å². The Morgan fingerprint density at radius 1 is 1.04 bits per heavy atom. The fourth-order valence-corrected chi connectivity index (χ4v) is 4.42. The van der Waals surface area contributed by atoms with Gasteiger partial charge < -0.3 is 0 Å². The maximum atomic E-state index is 10.8. The number of imidazole rings is 1. The fourth-order valence-electron chi connectivity index (χ4n) is 2.53. The van der Waals surface area contributed by atoms with Crippen molar-refractivity contribution in [1.82, 2.24) is 14.4 Å². The molecular weight excluding hydrogens is 383 g/mol. The van der Waals surface area contributed by atoms with Crippen molar-refractivity contribution in [2.24, 2.45) is 0 Å². The Bertz CT molecular complexity index is 1050. The molecule has 0 aliphatic carbocycles. The first-order valence-electron chi connectivity index (χ1n) is 7.52. The van der Waals surface area contributed by atoms with Crippen LogP contribution in [0.2, 0.25) is 0 Å². The summed E-state index contributed by atoms with van der Waals surface area (Å²) in [6.45, 7) is 0. The number of pyridine rings is 2. The van der Waals surface area contributed by atoms with Crippen molar-refractivity contribution in [3.63, 3.8) is 0 Å². The molecule has 0 fully saturated rings. The van der Waals surface area contributed by atoms with E-state index in [2.05, 4.69) is 9.38 Å². The topological polar surface area (TPSA) is 73.3 Å².